The van der Waals surface area contributed by atoms with Crippen LogP contribution in [-0.2, 0) is 14.8 Å². The van der Waals surface area contributed by atoms with Gasteiger partial charge >= 0.3 is 0 Å². The Hall–Kier alpha value is -3.66. The Balaban J connectivity index is 1.65. The molecule has 0 unspecified atom stereocenters. The van der Waals surface area contributed by atoms with E-state index >= 15 is 0 Å². The summed E-state index contributed by atoms with van der Waals surface area (Å²) < 4.78 is 32.0. The lowest BCUT2D eigenvalue weighted by Gasteiger charge is -2.07. The van der Waals surface area contributed by atoms with Gasteiger partial charge in [0.05, 0.1) is 12.0 Å². The third kappa shape index (κ3) is 4.74. The van der Waals surface area contributed by atoms with E-state index in [1.165, 1.54) is 36.7 Å². The standard InChI is InChI=1S/C18H17N5O4S/c1-27-16-5-3-2-4-13(16)6-11-17(24)21-14-7-9-15(10-8-14)28(25,26)23-18-19-12-20-22-18/h2-12H,1H3,(H,21,24)(H2,19,20,22,23). The number of aromatic amines is 1. The maximum atomic E-state index is 12.2. The number of nitrogens with one attached hydrogen (secondary N) is 3. The van der Waals surface area contributed by atoms with Gasteiger partial charge in [-0.05, 0) is 36.4 Å². The number of aromatic nitrogens is 3. The first kappa shape index (κ1) is 19.1. The van der Waals surface area contributed by atoms with E-state index in [4.69, 9.17) is 4.74 Å². The molecule has 9 nitrogen and oxygen atoms in total. The first-order valence-electron chi connectivity index (χ1n) is 8.08. The SMILES string of the molecule is COc1ccccc1C=CC(=O)Nc1ccc(S(=O)(=O)Nc2ncn[nH]2)cc1. The van der Waals surface area contributed by atoms with Gasteiger partial charge in [-0.3, -0.25) is 4.79 Å². The van der Waals surface area contributed by atoms with Crippen LogP contribution in [-0.4, -0.2) is 36.6 Å². The van der Waals surface area contributed by atoms with E-state index in [2.05, 4.69) is 25.2 Å². The lowest BCUT2D eigenvalue weighted by Crippen LogP contribution is -2.14. The number of carbonyl (C=O) groups is 1. The van der Waals surface area contributed by atoms with Gasteiger partial charge in [0, 0.05) is 17.3 Å². The maximum absolute atomic E-state index is 12.2. The second kappa shape index (κ2) is 8.35. The predicted octanol–water partition coefficient (Wildman–Crippen LogP) is 2.27. The van der Waals surface area contributed by atoms with Gasteiger partial charge in [0.1, 0.15) is 12.1 Å². The van der Waals surface area contributed by atoms with Crippen LogP contribution in [0.15, 0.2) is 65.8 Å². The highest BCUT2D eigenvalue weighted by Crippen LogP contribution is 2.19. The Morgan fingerprint density at radius 1 is 1.14 bits per heavy atom. The second-order valence-corrected chi connectivity index (χ2v) is 7.21. The number of H-pyrrole nitrogens is 1. The molecule has 0 aliphatic heterocycles. The summed E-state index contributed by atoms with van der Waals surface area (Å²) in [5, 5.41) is 8.65. The van der Waals surface area contributed by atoms with Crippen LogP contribution in [0.25, 0.3) is 6.08 Å². The van der Waals surface area contributed by atoms with Crippen LogP contribution in [0, 0.1) is 0 Å². The van der Waals surface area contributed by atoms with Gasteiger partial charge in [-0.25, -0.2) is 18.2 Å². The molecular formula is C18H17N5O4S. The zero-order chi connectivity index (χ0) is 20.0. The minimum absolute atomic E-state index is 0.0128. The molecule has 0 radical (unpaired) electrons. The number of methoxy groups -OCH3 is 1. The van der Waals surface area contributed by atoms with Crippen molar-refractivity contribution in [2.24, 2.45) is 0 Å². The summed E-state index contributed by atoms with van der Waals surface area (Å²) in [4.78, 5) is 15.8. The molecule has 28 heavy (non-hydrogen) atoms. The molecule has 1 heterocycles. The number of sulfonamides is 1. The van der Waals surface area contributed by atoms with E-state index in [1.54, 1.807) is 19.3 Å². The number of para-hydroxylation sites is 1. The van der Waals surface area contributed by atoms with E-state index in [0.29, 0.717) is 11.4 Å². The third-order valence-corrected chi connectivity index (χ3v) is 4.99. The topological polar surface area (TPSA) is 126 Å². The van der Waals surface area contributed by atoms with Crippen molar-refractivity contribution in [2.75, 3.05) is 17.1 Å². The molecule has 0 saturated carbocycles. The van der Waals surface area contributed by atoms with E-state index in [-0.39, 0.29) is 16.8 Å². The molecule has 3 rings (SSSR count). The molecule has 0 bridgehead atoms. The average Bonchev–Trinajstić information content (AvgIpc) is 3.19. The fourth-order valence-corrected chi connectivity index (χ4v) is 3.28. The lowest BCUT2D eigenvalue weighted by atomic mass is 10.2. The Morgan fingerprint density at radius 2 is 1.89 bits per heavy atom. The van der Waals surface area contributed by atoms with Crippen molar-refractivity contribution in [1.29, 1.82) is 0 Å². The highest BCUT2D eigenvalue weighted by atomic mass is 32.2. The van der Waals surface area contributed by atoms with E-state index < -0.39 is 10.0 Å². The van der Waals surface area contributed by atoms with Crippen LogP contribution in [0.5, 0.6) is 5.75 Å². The van der Waals surface area contributed by atoms with Crippen molar-refractivity contribution in [3.05, 3.63) is 66.5 Å². The monoisotopic (exact) mass is 399 g/mol. The first-order chi connectivity index (χ1) is 13.5. The minimum atomic E-state index is -3.81. The van der Waals surface area contributed by atoms with E-state index in [9.17, 15) is 13.2 Å². The largest absolute Gasteiger partial charge is 0.496 e. The van der Waals surface area contributed by atoms with Gasteiger partial charge < -0.3 is 10.1 Å². The molecule has 1 amide bonds. The van der Waals surface area contributed by atoms with Gasteiger partial charge in [0.2, 0.25) is 11.9 Å². The molecule has 0 atom stereocenters. The lowest BCUT2D eigenvalue weighted by molar-refractivity contribution is -0.111. The molecule has 0 spiro atoms. The molecule has 3 aromatic rings. The van der Waals surface area contributed by atoms with Crippen LogP contribution in [0.4, 0.5) is 11.6 Å². The van der Waals surface area contributed by atoms with E-state index in [0.717, 1.165) is 5.56 Å². The fraction of sp³-hybridized carbons (Fsp3) is 0.0556. The Kier molecular flexibility index (Phi) is 5.70. The average molecular weight is 399 g/mol. The molecule has 0 saturated heterocycles. The van der Waals surface area contributed by atoms with Crippen molar-refractivity contribution in [1.82, 2.24) is 15.2 Å². The van der Waals surface area contributed by atoms with Crippen LogP contribution in [0.3, 0.4) is 0 Å². The summed E-state index contributed by atoms with van der Waals surface area (Å²) in [6.45, 7) is 0. The first-order valence-corrected chi connectivity index (χ1v) is 9.56. The number of rotatable bonds is 7. The zero-order valence-corrected chi connectivity index (χ0v) is 15.6. The van der Waals surface area contributed by atoms with Crippen molar-refractivity contribution < 1.29 is 17.9 Å². The van der Waals surface area contributed by atoms with Crippen molar-refractivity contribution in [3.8, 4) is 5.75 Å². The summed E-state index contributed by atoms with van der Waals surface area (Å²) in [7, 11) is -2.25. The molecular weight excluding hydrogens is 382 g/mol. The molecule has 0 fully saturated rings. The predicted molar refractivity (Wildman–Crippen MR) is 104 cm³/mol. The maximum Gasteiger partial charge on any atom is 0.264 e. The van der Waals surface area contributed by atoms with Gasteiger partial charge in [-0.2, -0.15) is 10.1 Å². The number of carbonyl (C=O) groups excluding carboxylic acids is 1. The molecule has 144 valence electrons. The minimum Gasteiger partial charge on any atom is -0.496 e. The van der Waals surface area contributed by atoms with Gasteiger partial charge in [0.25, 0.3) is 10.0 Å². The van der Waals surface area contributed by atoms with Gasteiger partial charge in [-0.1, -0.05) is 18.2 Å². The van der Waals surface area contributed by atoms with Crippen LogP contribution >= 0.6 is 0 Å². The van der Waals surface area contributed by atoms with Crippen molar-refractivity contribution in [3.63, 3.8) is 0 Å². The number of benzene rings is 2. The summed E-state index contributed by atoms with van der Waals surface area (Å²) in [5.41, 5.74) is 1.22. The number of amides is 1. The molecule has 10 heteroatoms. The molecule has 0 aliphatic carbocycles. The number of anilines is 2. The molecule has 1 aromatic heterocycles. The van der Waals surface area contributed by atoms with Gasteiger partial charge in [-0.15, -0.1) is 0 Å². The smallest absolute Gasteiger partial charge is 0.264 e. The second-order valence-electron chi connectivity index (χ2n) is 5.53. The summed E-state index contributed by atoms with van der Waals surface area (Å²) in [6, 6.07) is 13.0. The van der Waals surface area contributed by atoms with Crippen molar-refractivity contribution >= 4 is 33.6 Å². The molecule has 0 aliphatic rings. The number of ether oxygens (including phenoxy) is 1. The summed E-state index contributed by atoms with van der Waals surface area (Å²) in [5.74, 6) is 0.306. The number of nitrogens with zero attached hydrogens (tertiary/aromatic N) is 2. The summed E-state index contributed by atoms with van der Waals surface area (Å²) >= 11 is 0. The normalized spacial score (nSPS) is 11.3. The number of hydrogen-bond donors (Lipinski definition) is 3. The van der Waals surface area contributed by atoms with Crippen LogP contribution in [0.2, 0.25) is 0 Å². The number of hydrogen-bond acceptors (Lipinski definition) is 6. The molecule has 2 aromatic carbocycles. The fourth-order valence-electron chi connectivity index (χ4n) is 2.31. The highest BCUT2D eigenvalue weighted by molar-refractivity contribution is 7.92. The Morgan fingerprint density at radius 3 is 2.57 bits per heavy atom. The highest BCUT2D eigenvalue weighted by Gasteiger charge is 2.15. The third-order valence-electron chi connectivity index (χ3n) is 3.63. The molecule has 3 N–H and O–H groups in total. The Bertz CT molecular complexity index is 1080. The summed E-state index contributed by atoms with van der Waals surface area (Å²) in [6.07, 6.45) is 4.19. The quantitative estimate of drug-likeness (QED) is 0.523. The zero-order valence-electron chi connectivity index (χ0n) is 14.8. The van der Waals surface area contributed by atoms with Gasteiger partial charge in [0.15, 0.2) is 0 Å². The van der Waals surface area contributed by atoms with E-state index in [1.807, 2.05) is 18.2 Å². The van der Waals surface area contributed by atoms with Crippen LogP contribution < -0.4 is 14.8 Å². The Labute approximate surface area is 161 Å². The van der Waals surface area contributed by atoms with Crippen LogP contribution in [0.1, 0.15) is 5.56 Å². The van der Waals surface area contributed by atoms with Crippen molar-refractivity contribution in [2.45, 2.75) is 4.90 Å².